The minimum absolute atomic E-state index is 0.329. The highest BCUT2D eigenvalue weighted by Crippen LogP contribution is 2.02. The third kappa shape index (κ3) is 4.50. The van der Waals surface area contributed by atoms with Crippen molar-refractivity contribution >= 4 is 5.97 Å². The van der Waals surface area contributed by atoms with Crippen LogP contribution in [-0.4, -0.2) is 49.1 Å². The number of carbonyl (C=O) groups excluding carboxylic acids is 1. The molecule has 0 atom stereocenters. The lowest BCUT2D eigenvalue weighted by Crippen LogP contribution is -2.31. The molecule has 1 heterocycles. The monoisotopic (exact) mass is 253 g/mol. The van der Waals surface area contributed by atoms with Crippen LogP contribution in [0.2, 0.25) is 0 Å². The Morgan fingerprint density at radius 1 is 1.39 bits per heavy atom. The molecule has 0 bridgehead atoms. The van der Waals surface area contributed by atoms with E-state index in [2.05, 4.69) is 33.8 Å². The van der Waals surface area contributed by atoms with Crippen LogP contribution in [0.15, 0.2) is 12.1 Å². The molecular weight excluding hydrogens is 230 g/mol. The van der Waals surface area contributed by atoms with Crippen molar-refractivity contribution < 1.29 is 9.53 Å². The van der Waals surface area contributed by atoms with Crippen LogP contribution in [0.1, 0.15) is 30.0 Å². The number of ether oxygens (including phenoxy) is 1. The van der Waals surface area contributed by atoms with Gasteiger partial charge in [-0.25, -0.2) is 4.79 Å². The van der Waals surface area contributed by atoms with E-state index in [1.807, 2.05) is 6.07 Å². The number of nitrogens with zero attached hydrogens (tertiary/aromatic N) is 1. The number of hydrogen-bond donors (Lipinski definition) is 2. The fourth-order valence-corrected chi connectivity index (χ4v) is 1.77. The smallest absolute Gasteiger partial charge is 0.354 e. The quantitative estimate of drug-likeness (QED) is 0.540. The zero-order valence-electron chi connectivity index (χ0n) is 11.5. The first-order chi connectivity index (χ1) is 8.71. The SMILES string of the molecule is CCN(CC)CCNCc1ccc(C(=O)OC)[nH]1. The predicted octanol–water partition coefficient (Wildman–Crippen LogP) is 1.23. The molecule has 1 rings (SSSR count). The van der Waals surface area contributed by atoms with E-state index in [1.54, 1.807) is 6.07 Å². The number of likely N-dealkylation sites (N-methyl/N-ethyl adjacent to an activating group) is 1. The summed E-state index contributed by atoms with van der Waals surface area (Å²) in [5, 5.41) is 3.35. The van der Waals surface area contributed by atoms with Crippen LogP contribution in [0, 0.1) is 0 Å². The maximum absolute atomic E-state index is 11.2. The minimum Gasteiger partial charge on any atom is -0.464 e. The number of methoxy groups -OCH3 is 1. The number of nitrogens with one attached hydrogen (secondary N) is 2. The van der Waals surface area contributed by atoms with Gasteiger partial charge in [0.05, 0.1) is 7.11 Å². The highest BCUT2D eigenvalue weighted by Gasteiger charge is 2.07. The first-order valence-corrected chi connectivity index (χ1v) is 6.40. The van der Waals surface area contributed by atoms with E-state index >= 15 is 0 Å². The number of hydrogen-bond acceptors (Lipinski definition) is 4. The molecule has 0 amide bonds. The maximum atomic E-state index is 11.2. The fourth-order valence-electron chi connectivity index (χ4n) is 1.77. The van der Waals surface area contributed by atoms with Crippen molar-refractivity contribution in [2.24, 2.45) is 0 Å². The second kappa shape index (κ2) is 7.89. The molecule has 0 fully saturated rings. The van der Waals surface area contributed by atoms with E-state index in [0.29, 0.717) is 5.69 Å². The highest BCUT2D eigenvalue weighted by molar-refractivity contribution is 5.87. The Hall–Kier alpha value is -1.33. The largest absolute Gasteiger partial charge is 0.464 e. The highest BCUT2D eigenvalue weighted by atomic mass is 16.5. The van der Waals surface area contributed by atoms with Gasteiger partial charge in [-0.3, -0.25) is 0 Å². The first-order valence-electron chi connectivity index (χ1n) is 6.40. The van der Waals surface area contributed by atoms with Gasteiger partial charge in [-0.1, -0.05) is 13.8 Å². The van der Waals surface area contributed by atoms with Crippen LogP contribution >= 0.6 is 0 Å². The van der Waals surface area contributed by atoms with Crippen LogP contribution < -0.4 is 5.32 Å². The van der Waals surface area contributed by atoms with Crippen molar-refractivity contribution in [1.82, 2.24) is 15.2 Å². The van der Waals surface area contributed by atoms with Crippen molar-refractivity contribution in [1.29, 1.82) is 0 Å². The van der Waals surface area contributed by atoms with Gasteiger partial charge in [0.15, 0.2) is 0 Å². The summed E-state index contributed by atoms with van der Waals surface area (Å²) in [4.78, 5) is 16.6. The van der Waals surface area contributed by atoms with Crippen molar-refractivity contribution in [3.05, 3.63) is 23.5 Å². The predicted molar refractivity (Wildman–Crippen MR) is 71.6 cm³/mol. The molecule has 0 unspecified atom stereocenters. The Labute approximate surface area is 109 Å². The lowest BCUT2D eigenvalue weighted by Gasteiger charge is -2.17. The van der Waals surface area contributed by atoms with E-state index in [9.17, 15) is 4.79 Å². The summed E-state index contributed by atoms with van der Waals surface area (Å²) < 4.78 is 4.64. The van der Waals surface area contributed by atoms with E-state index in [4.69, 9.17) is 0 Å². The summed E-state index contributed by atoms with van der Waals surface area (Å²) in [6, 6.07) is 3.64. The number of rotatable bonds is 8. The molecule has 0 aromatic carbocycles. The van der Waals surface area contributed by atoms with E-state index in [-0.39, 0.29) is 5.97 Å². The van der Waals surface area contributed by atoms with Gasteiger partial charge < -0.3 is 19.9 Å². The van der Waals surface area contributed by atoms with Crippen LogP contribution in [0.5, 0.6) is 0 Å². The van der Waals surface area contributed by atoms with Crippen molar-refractivity contribution in [3.8, 4) is 0 Å². The third-order valence-electron chi connectivity index (χ3n) is 2.97. The molecule has 18 heavy (non-hydrogen) atoms. The average molecular weight is 253 g/mol. The molecular formula is C13H23N3O2. The molecule has 0 aliphatic rings. The maximum Gasteiger partial charge on any atom is 0.354 e. The average Bonchev–Trinajstić information content (AvgIpc) is 2.87. The summed E-state index contributed by atoms with van der Waals surface area (Å²) >= 11 is 0. The molecule has 0 saturated heterocycles. The van der Waals surface area contributed by atoms with Crippen LogP contribution in [0.3, 0.4) is 0 Å². The third-order valence-corrected chi connectivity index (χ3v) is 2.97. The molecule has 0 saturated carbocycles. The molecule has 1 aromatic heterocycles. The fraction of sp³-hybridized carbons (Fsp3) is 0.615. The van der Waals surface area contributed by atoms with Gasteiger partial charge in [-0.05, 0) is 25.2 Å². The molecule has 0 spiro atoms. The van der Waals surface area contributed by atoms with Crippen LogP contribution in [0.4, 0.5) is 0 Å². The molecule has 1 aromatic rings. The lowest BCUT2D eigenvalue weighted by molar-refractivity contribution is 0.0594. The molecule has 102 valence electrons. The summed E-state index contributed by atoms with van der Waals surface area (Å²) in [5.41, 5.74) is 1.49. The summed E-state index contributed by atoms with van der Waals surface area (Å²) in [6.45, 7) is 9.19. The van der Waals surface area contributed by atoms with Gasteiger partial charge in [-0.15, -0.1) is 0 Å². The zero-order valence-corrected chi connectivity index (χ0v) is 11.5. The van der Waals surface area contributed by atoms with Gasteiger partial charge in [0, 0.05) is 25.3 Å². The molecule has 0 radical (unpaired) electrons. The Bertz CT molecular complexity index is 359. The second-order valence-corrected chi connectivity index (χ2v) is 4.09. The normalized spacial score (nSPS) is 10.9. The van der Waals surface area contributed by atoms with Gasteiger partial charge >= 0.3 is 5.97 Å². The lowest BCUT2D eigenvalue weighted by atomic mass is 10.4. The number of carbonyl (C=O) groups is 1. The number of esters is 1. The number of aromatic amines is 1. The Morgan fingerprint density at radius 3 is 2.72 bits per heavy atom. The minimum atomic E-state index is -0.329. The molecule has 0 aliphatic carbocycles. The zero-order chi connectivity index (χ0) is 13.4. The van der Waals surface area contributed by atoms with Gasteiger partial charge in [0.2, 0.25) is 0 Å². The first kappa shape index (κ1) is 14.7. The summed E-state index contributed by atoms with van der Waals surface area (Å²) in [5.74, 6) is -0.329. The van der Waals surface area contributed by atoms with Gasteiger partial charge in [0.25, 0.3) is 0 Å². The summed E-state index contributed by atoms with van der Waals surface area (Å²) in [6.07, 6.45) is 0. The van der Waals surface area contributed by atoms with Gasteiger partial charge in [-0.2, -0.15) is 0 Å². The Morgan fingerprint density at radius 2 is 2.11 bits per heavy atom. The van der Waals surface area contributed by atoms with Crippen molar-refractivity contribution in [2.75, 3.05) is 33.3 Å². The topological polar surface area (TPSA) is 57.4 Å². The summed E-state index contributed by atoms with van der Waals surface area (Å²) in [7, 11) is 1.38. The van der Waals surface area contributed by atoms with E-state index in [1.165, 1.54) is 7.11 Å². The standard InChI is InChI=1S/C13H23N3O2/c1-4-16(5-2)9-8-14-10-11-6-7-12(15-11)13(17)18-3/h6-7,14-15H,4-5,8-10H2,1-3H3. The molecule has 5 nitrogen and oxygen atoms in total. The van der Waals surface area contributed by atoms with E-state index in [0.717, 1.165) is 38.4 Å². The number of H-pyrrole nitrogens is 1. The van der Waals surface area contributed by atoms with Crippen LogP contribution in [0.25, 0.3) is 0 Å². The van der Waals surface area contributed by atoms with Crippen LogP contribution in [-0.2, 0) is 11.3 Å². The second-order valence-electron chi connectivity index (χ2n) is 4.09. The molecule has 0 aliphatic heterocycles. The Kier molecular flexibility index (Phi) is 6.46. The van der Waals surface area contributed by atoms with Crippen molar-refractivity contribution in [2.45, 2.75) is 20.4 Å². The number of aromatic nitrogens is 1. The Balaban J connectivity index is 2.27. The van der Waals surface area contributed by atoms with Crippen molar-refractivity contribution in [3.63, 3.8) is 0 Å². The molecule has 2 N–H and O–H groups in total. The molecule has 5 heteroatoms. The van der Waals surface area contributed by atoms with Gasteiger partial charge in [0.1, 0.15) is 5.69 Å². The van der Waals surface area contributed by atoms with E-state index < -0.39 is 0 Å².